The molecule has 1 saturated carbocycles. The largest absolute Gasteiger partial charge is 0.458 e. The van der Waals surface area contributed by atoms with Crippen molar-refractivity contribution in [2.24, 2.45) is 17.3 Å². The van der Waals surface area contributed by atoms with Crippen LogP contribution in [0.1, 0.15) is 68.7 Å². The van der Waals surface area contributed by atoms with Gasteiger partial charge in [-0.3, -0.25) is 19.6 Å². The number of hydrogen-bond donors (Lipinski definition) is 4. The Kier molecular flexibility index (Phi) is 12.9. The molecule has 0 spiro atoms. The third kappa shape index (κ3) is 8.47. The number of Topliss-reactive ketones (excluding diaryl/α,β-unsaturated/α-hetero) is 1. The molecule has 0 aromatic heterocycles. The van der Waals surface area contributed by atoms with Crippen molar-refractivity contribution in [2.45, 2.75) is 117 Å². The van der Waals surface area contributed by atoms with Gasteiger partial charge in [-0.2, -0.15) is 0 Å². The molecule has 0 amide bonds. The zero-order valence-electron chi connectivity index (χ0n) is 28.8. The number of ketones is 1. The van der Waals surface area contributed by atoms with Gasteiger partial charge in [-0.05, 0) is 51.7 Å². The maximum atomic E-state index is 14.2. The number of allylic oxidation sites excluding steroid dienone is 1. The number of carbonyl (C=O) groups excluding carboxylic acids is 5. The Morgan fingerprint density at radius 2 is 1.50 bits per heavy atom. The molecule has 0 aromatic carbocycles. The van der Waals surface area contributed by atoms with E-state index in [2.05, 4.69) is 18.0 Å². The number of rotatable bonds is 8. The fourth-order valence-electron chi connectivity index (χ4n) is 6.02. The summed E-state index contributed by atoms with van der Waals surface area (Å²) in [4.78, 5) is 69.6. The molecule has 4 N–H and O–H groups in total. The van der Waals surface area contributed by atoms with Gasteiger partial charge < -0.3 is 34.3 Å². The molecule has 0 aliphatic heterocycles. The van der Waals surface area contributed by atoms with Crippen LogP contribution in [0, 0.1) is 17.3 Å². The Labute approximate surface area is 279 Å². The fraction of sp³-hybridized carbons (Fsp3) is 0.618. The van der Waals surface area contributed by atoms with Gasteiger partial charge in [-0.1, -0.05) is 46.1 Å². The summed E-state index contributed by atoms with van der Waals surface area (Å²) < 4.78 is 22.6. The summed E-state index contributed by atoms with van der Waals surface area (Å²) in [5.74, 6) is -7.53. The van der Waals surface area contributed by atoms with Crippen molar-refractivity contribution < 1.29 is 68.4 Å². The Hall–Kier alpha value is -3.69. The van der Waals surface area contributed by atoms with Gasteiger partial charge in [0.2, 0.25) is 0 Å². The van der Waals surface area contributed by atoms with E-state index < -0.39 is 107 Å². The summed E-state index contributed by atoms with van der Waals surface area (Å²) >= 11 is 0. The Balaban J connectivity index is 2.99. The molecular weight excluding hydrogens is 632 g/mol. The first-order valence-corrected chi connectivity index (χ1v) is 15.4. The van der Waals surface area contributed by atoms with E-state index in [0.717, 1.165) is 26.8 Å². The molecule has 0 aromatic rings. The summed E-state index contributed by atoms with van der Waals surface area (Å²) in [5.41, 5.74) is -7.03. The first-order valence-electron chi connectivity index (χ1n) is 15.4. The number of carbonyl (C=O) groups is 5. The van der Waals surface area contributed by atoms with Crippen molar-refractivity contribution in [2.75, 3.05) is 0 Å². The third-order valence-corrected chi connectivity index (χ3v) is 8.94. The SMILES string of the molecule is C=C(C(=O)O[C@@H]1[C@@H]2[C@@H](OC(C)=O)C(=C)[C@H](O)[C@@H](OC(=O)/C(C)=C\C)[C@@H](OC(C)=O)C(C)(C)/C=C\[C@@](C)(O)C(=O)[C@@]2(O)C[C@@H]1C)C(C)OO. The highest BCUT2D eigenvalue weighted by atomic mass is 17.1. The first-order chi connectivity index (χ1) is 22.0. The molecule has 48 heavy (non-hydrogen) atoms. The van der Waals surface area contributed by atoms with Crippen molar-refractivity contribution in [1.82, 2.24) is 0 Å². The van der Waals surface area contributed by atoms with Gasteiger partial charge in [0.1, 0.15) is 41.7 Å². The standard InChI is InChI=1S/C34H48O14/c1-12-16(2)29(38)47-27-24(37)19(5)26(44-21(7)35)23-25(46-30(39)18(4)20(6)48-43)17(3)15-34(23,42)31(40)33(11,41)14-13-32(9,10)28(27)45-22(8)36/h12-14,17,20,23-28,37,41-43H,4-5,15H2,1-3,6-11H3/b14-13-,16-12-/t17-,20?,23+,24-,25-,26-,27+,28+,33+,34+/m0/s1. The molecule has 0 radical (unpaired) electrons. The van der Waals surface area contributed by atoms with Crippen molar-refractivity contribution in [3.63, 3.8) is 0 Å². The zero-order chi connectivity index (χ0) is 37.1. The summed E-state index contributed by atoms with van der Waals surface area (Å²) in [7, 11) is 0. The second kappa shape index (κ2) is 15.2. The lowest BCUT2D eigenvalue weighted by atomic mass is 9.71. The maximum absolute atomic E-state index is 14.2. The molecule has 0 bridgehead atoms. The molecule has 2 aliphatic carbocycles. The van der Waals surface area contributed by atoms with Crippen LogP contribution in [0.3, 0.4) is 0 Å². The quantitative estimate of drug-likeness (QED) is 0.0724. The summed E-state index contributed by atoms with van der Waals surface area (Å²) in [6.45, 7) is 19.6. The minimum Gasteiger partial charge on any atom is -0.458 e. The van der Waals surface area contributed by atoms with E-state index in [1.54, 1.807) is 6.92 Å². The molecule has 0 heterocycles. The number of aliphatic hydroxyl groups excluding tert-OH is 1. The summed E-state index contributed by atoms with van der Waals surface area (Å²) in [6.07, 6.45) is -6.33. The summed E-state index contributed by atoms with van der Waals surface area (Å²) in [5, 5.41) is 44.8. The molecule has 2 rings (SSSR count). The maximum Gasteiger partial charge on any atom is 0.336 e. The molecule has 2 aliphatic rings. The minimum atomic E-state index is -2.59. The lowest BCUT2D eigenvalue weighted by molar-refractivity contribution is -0.264. The van der Waals surface area contributed by atoms with Gasteiger partial charge in [0.05, 0.1) is 11.5 Å². The highest BCUT2D eigenvalue weighted by Crippen LogP contribution is 2.49. The molecule has 10 atom stereocenters. The first kappa shape index (κ1) is 40.5. The van der Waals surface area contributed by atoms with Crippen LogP contribution >= 0.6 is 0 Å². The molecule has 0 saturated heterocycles. The van der Waals surface area contributed by atoms with Gasteiger partial charge >= 0.3 is 23.9 Å². The van der Waals surface area contributed by atoms with E-state index in [9.17, 15) is 39.3 Å². The Bertz CT molecular complexity index is 1370. The van der Waals surface area contributed by atoms with Crippen molar-refractivity contribution in [3.8, 4) is 0 Å². The minimum absolute atomic E-state index is 0.131. The van der Waals surface area contributed by atoms with Crippen LogP contribution in [-0.4, -0.2) is 98.1 Å². The molecule has 1 unspecified atom stereocenters. The smallest absolute Gasteiger partial charge is 0.336 e. The number of aliphatic hydroxyl groups is 3. The number of hydrogen-bond acceptors (Lipinski definition) is 14. The van der Waals surface area contributed by atoms with Crippen LogP contribution in [0.25, 0.3) is 0 Å². The van der Waals surface area contributed by atoms with E-state index in [1.165, 1.54) is 46.8 Å². The predicted molar refractivity (Wildman–Crippen MR) is 169 cm³/mol. The van der Waals surface area contributed by atoms with Crippen molar-refractivity contribution in [3.05, 3.63) is 48.1 Å². The van der Waals surface area contributed by atoms with Gasteiger partial charge in [0, 0.05) is 24.8 Å². The Morgan fingerprint density at radius 3 is 2.00 bits per heavy atom. The van der Waals surface area contributed by atoms with E-state index in [1.807, 2.05) is 0 Å². The van der Waals surface area contributed by atoms with Crippen LogP contribution in [0.2, 0.25) is 0 Å². The van der Waals surface area contributed by atoms with E-state index in [4.69, 9.17) is 24.2 Å². The summed E-state index contributed by atoms with van der Waals surface area (Å²) in [6, 6.07) is 0. The van der Waals surface area contributed by atoms with E-state index in [-0.39, 0.29) is 11.1 Å². The predicted octanol–water partition coefficient (Wildman–Crippen LogP) is 2.29. The molecular formula is C34H48O14. The number of ether oxygens (including phenoxy) is 4. The molecule has 268 valence electrons. The van der Waals surface area contributed by atoms with Crippen LogP contribution < -0.4 is 0 Å². The van der Waals surface area contributed by atoms with Gasteiger partial charge in [0.15, 0.2) is 11.9 Å². The number of esters is 4. The third-order valence-electron chi connectivity index (χ3n) is 8.94. The molecule has 14 heteroatoms. The monoisotopic (exact) mass is 680 g/mol. The normalized spacial score (nSPS) is 35.2. The molecule has 14 nitrogen and oxygen atoms in total. The fourth-order valence-corrected chi connectivity index (χ4v) is 6.02. The van der Waals surface area contributed by atoms with E-state index >= 15 is 0 Å². The van der Waals surface area contributed by atoms with Crippen molar-refractivity contribution >= 4 is 29.7 Å². The van der Waals surface area contributed by atoms with Gasteiger partial charge in [-0.25, -0.2) is 14.5 Å². The van der Waals surface area contributed by atoms with Crippen LogP contribution in [0.4, 0.5) is 0 Å². The highest BCUT2D eigenvalue weighted by Gasteiger charge is 2.64. The van der Waals surface area contributed by atoms with Crippen LogP contribution in [0.15, 0.2) is 48.1 Å². The van der Waals surface area contributed by atoms with Gasteiger partial charge in [-0.15, -0.1) is 0 Å². The average Bonchev–Trinajstić information content (AvgIpc) is 3.26. The topological polar surface area (TPSA) is 212 Å². The van der Waals surface area contributed by atoms with Crippen molar-refractivity contribution in [1.29, 1.82) is 0 Å². The van der Waals surface area contributed by atoms with Crippen LogP contribution in [-0.2, 0) is 47.8 Å². The molecule has 1 fully saturated rings. The number of fused-ring (bicyclic) bond motifs is 1. The highest BCUT2D eigenvalue weighted by molar-refractivity contribution is 5.97. The second-order valence-corrected chi connectivity index (χ2v) is 13.3. The lowest BCUT2D eigenvalue weighted by Crippen LogP contribution is -2.60. The van der Waals surface area contributed by atoms with E-state index in [0.29, 0.717) is 0 Å². The Morgan fingerprint density at radius 1 is 0.958 bits per heavy atom. The van der Waals surface area contributed by atoms with Gasteiger partial charge in [0.25, 0.3) is 0 Å². The van der Waals surface area contributed by atoms with Crippen LogP contribution in [0.5, 0.6) is 0 Å². The second-order valence-electron chi connectivity index (χ2n) is 13.3. The lowest BCUT2D eigenvalue weighted by Gasteiger charge is -2.44. The average molecular weight is 681 g/mol. The zero-order valence-corrected chi connectivity index (χ0v) is 28.8.